The zero-order valence-electron chi connectivity index (χ0n) is 22.6. The van der Waals surface area contributed by atoms with Crippen molar-refractivity contribution >= 4 is 23.6 Å². The normalized spacial score (nSPS) is 14.9. The van der Waals surface area contributed by atoms with E-state index in [4.69, 9.17) is 4.74 Å². The topological polar surface area (TPSA) is 152 Å². The summed E-state index contributed by atoms with van der Waals surface area (Å²) in [5, 5.41) is 8.70. The first kappa shape index (κ1) is 33.2. The van der Waals surface area contributed by atoms with Gasteiger partial charge in [0.05, 0.1) is 23.3 Å². The van der Waals surface area contributed by atoms with Gasteiger partial charge in [-0.2, -0.15) is 26.3 Å². The van der Waals surface area contributed by atoms with E-state index < -0.39 is 82.9 Å². The summed E-state index contributed by atoms with van der Waals surface area (Å²) < 4.78 is 94.7. The molecule has 2 aromatic rings. The van der Waals surface area contributed by atoms with Crippen molar-refractivity contribution in [2.45, 2.75) is 64.3 Å². The van der Waals surface area contributed by atoms with Crippen LogP contribution in [0.5, 0.6) is 0 Å². The zero-order chi connectivity index (χ0) is 31.4. The van der Waals surface area contributed by atoms with Crippen molar-refractivity contribution in [1.29, 1.82) is 0 Å². The summed E-state index contributed by atoms with van der Waals surface area (Å²) in [6.07, 6.45) is -12.7. The second-order valence-electron chi connectivity index (χ2n) is 8.87. The highest BCUT2D eigenvalue weighted by Gasteiger charge is 2.43. The van der Waals surface area contributed by atoms with Gasteiger partial charge in [0.1, 0.15) is 23.6 Å². The molecular formula is C24H28F6N4O7. The number of carbonyl (C=O) groups excluding carboxylic acids is 4. The molecule has 0 saturated heterocycles. The third kappa shape index (κ3) is 8.02. The van der Waals surface area contributed by atoms with Crippen molar-refractivity contribution in [2.75, 3.05) is 14.1 Å². The van der Waals surface area contributed by atoms with Crippen LogP contribution in [0.4, 0.5) is 26.3 Å². The van der Waals surface area contributed by atoms with Crippen molar-refractivity contribution in [3.05, 3.63) is 46.3 Å². The van der Waals surface area contributed by atoms with Crippen molar-refractivity contribution in [3.8, 4) is 0 Å². The molecule has 0 radical (unpaired) electrons. The Bertz CT molecular complexity index is 1190. The van der Waals surface area contributed by atoms with Crippen LogP contribution < -0.4 is 21.3 Å². The molecule has 4 amide bonds. The highest BCUT2D eigenvalue weighted by molar-refractivity contribution is 5.99. The summed E-state index contributed by atoms with van der Waals surface area (Å²) in [6.45, 7) is 4.86. The van der Waals surface area contributed by atoms with Crippen LogP contribution >= 0.6 is 0 Å². The van der Waals surface area contributed by atoms with Gasteiger partial charge in [0.25, 0.3) is 11.8 Å². The van der Waals surface area contributed by atoms with Gasteiger partial charge in [-0.25, -0.2) is 0 Å². The number of carbonyl (C=O) groups is 4. The summed E-state index contributed by atoms with van der Waals surface area (Å²) in [7, 11) is 2.36. The molecule has 0 aliphatic carbocycles. The number of hydrogen-bond donors (Lipinski definition) is 4. The summed E-state index contributed by atoms with van der Waals surface area (Å²) >= 11 is 0. The summed E-state index contributed by atoms with van der Waals surface area (Å²) in [4.78, 5) is 50.5. The van der Waals surface area contributed by atoms with Crippen LogP contribution in [0.2, 0.25) is 0 Å². The van der Waals surface area contributed by atoms with Crippen LogP contribution in [-0.4, -0.2) is 62.0 Å². The van der Waals surface area contributed by atoms with Gasteiger partial charge in [-0.3, -0.25) is 19.2 Å². The third-order valence-electron chi connectivity index (χ3n) is 5.71. The molecule has 17 heteroatoms. The maximum Gasteiger partial charge on any atom is 0.450 e. The van der Waals surface area contributed by atoms with Gasteiger partial charge in [-0.05, 0) is 39.8 Å². The lowest BCUT2D eigenvalue weighted by Crippen LogP contribution is -2.57. The Hall–Kier alpha value is -4.02. The van der Waals surface area contributed by atoms with Crippen LogP contribution in [0.25, 0.3) is 0 Å². The van der Waals surface area contributed by atoms with Crippen LogP contribution in [0, 0.1) is 13.8 Å². The molecule has 0 fully saturated rings. The second-order valence-corrected chi connectivity index (χ2v) is 8.87. The Labute approximate surface area is 229 Å². The van der Waals surface area contributed by atoms with Gasteiger partial charge >= 0.3 is 12.4 Å². The molecule has 0 aliphatic heterocycles. The van der Waals surface area contributed by atoms with Crippen molar-refractivity contribution < 1.29 is 59.1 Å². The van der Waals surface area contributed by atoms with Crippen molar-refractivity contribution in [3.63, 3.8) is 0 Å². The lowest BCUT2D eigenvalue weighted by Gasteiger charge is -2.30. The van der Waals surface area contributed by atoms with E-state index >= 15 is 0 Å². The number of rotatable bonds is 10. The van der Waals surface area contributed by atoms with Crippen LogP contribution in [-0.2, 0) is 26.7 Å². The first-order valence-corrected chi connectivity index (χ1v) is 11.9. The Morgan fingerprint density at radius 1 is 0.707 bits per heavy atom. The summed E-state index contributed by atoms with van der Waals surface area (Å²) in [5.74, 6) is -8.04. The molecule has 2 aromatic heterocycles. The first-order chi connectivity index (χ1) is 18.8. The fourth-order valence-corrected chi connectivity index (χ4v) is 3.82. The van der Waals surface area contributed by atoms with Crippen LogP contribution in [0.15, 0.2) is 21.0 Å². The molecule has 0 spiro atoms. The lowest BCUT2D eigenvalue weighted by molar-refractivity contribution is -0.154. The number of halogens is 6. The van der Waals surface area contributed by atoms with Crippen LogP contribution in [0.1, 0.15) is 57.6 Å². The van der Waals surface area contributed by atoms with Gasteiger partial charge in [-0.1, -0.05) is 0 Å². The van der Waals surface area contributed by atoms with Gasteiger partial charge < -0.3 is 34.8 Å². The van der Waals surface area contributed by atoms with Crippen molar-refractivity contribution in [2.24, 2.45) is 0 Å². The molecule has 0 bridgehead atoms. The van der Waals surface area contributed by atoms with Gasteiger partial charge in [-0.15, -0.1) is 0 Å². The maximum absolute atomic E-state index is 13.3. The van der Waals surface area contributed by atoms with Gasteiger partial charge in [0.15, 0.2) is 0 Å². The van der Waals surface area contributed by atoms with E-state index in [1.807, 2.05) is 0 Å². The number of amides is 4. The standard InChI is InChI=1S/C24H28F6N4O7/c1-9-7-13(17(39-9)23(25,26)27)19(35)33-15(21(37)31-5)11(3)41-12(4)16(22(38)32-6)34-20(36)14-8-10(2)40-18(14)24(28,29)30/h7-8,11-12,15-16H,1-6H3,(H,31,37)(H,32,38)(H,33,35)(H,34,36). The summed E-state index contributed by atoms with van der Waals surface area (Å²) in [6, 6.07) is -1.59. The highest BCUT2D eigenvalue weighted by atomic mass is 19.4. The number of nitrogens with one attached hydrogen (secondary N) is 4. The Morgan fingerprint density at radius 3 is 1.29 bits per heavy atom. The average Bonchev–Trinajstić information content (AvgIpc) is 3.47. The second kappa shape index (κ2) is 12.7. The summed E-state index contributed by atoms with van der Waals surface area (Å²) in [5.41, 5.74) is -1.79. The largest absolute Gasteiger partial charge is 0.456 e. The molecule has 0 saturated carbocycles. The molecule has 41 heavy (non-hydrogen) atoms. The quantitative estimate of drug-likeness (QED) is 0.307. The predicted molar refractivity (Wildman–Crippen MR) is 128 cm³/mol. The number of likely N-dealkylation sites (N-methyl/N-ethyl adjacent to an activating group) is 2. The van der Waals surface area contributed by atoms with E-state index in [-0.39, 0.29) is 11.5 Å². The molecular weight excluding hydrogens is 570 g/mol. The zero-order valence-corrected chi connectivity index (χ0v) is 22.6. The lowest BCUT2D eigenvalue weighted by atomic mass is 10.1. The minimum Gasteiger partial charge on any atom is -0.456 e. The molecule has 0 aliphatic rings. The Morgan fingerprint density at radius 2 is 1.02 bits per heavy atom. The van der Waals surface area contributed by atoms with E-state index in [0.29, 0.717) is 0 Å². The Kier molecular flexibility index (Phi) is 10.2. The van der Waals surface area contributed by atoms with Crippen molar-refractivity contribution in [1.82, 2.24) is 21.3 Å². The molecule has 2 rings (SSSR count). The van der Waals surface area contributed by atoms with E-state index in [2.05, 4.69) is 30.1 Å². The molecule has 4 unspecified atom stereocenters. The van der Waals surface area contributed by atoms with E-state index in [0.717, 1.165) is 12.1 Å². The first-order valence-electron chi connectivity index (χ1n) is 11.9. The van der Waals surface area contributed by atoms with Crippen LogP contribution in [0.3, 0.4) is 0 Å². The smallest absolute Gasteiger partial charge is 0.450 e. The molecule has 0 aromatic carbocycles. The number of furan rings is 2. The predicted octanol–water partition coefficient (Wildman–Crippen LogP) is 2.71. The molecule has 228 valence electrons. The average molecular weight is 598 g/mol. The fourth-order valence-electron chi connectivity index (χ4n) is 3.82. The third-order valence-corrected chi connectivity index (χ3v) is 5.71. The van der Waals surface area contributed by atoms with Gasteiger partial charge in [0, 0.05) is 14.1 Å². The minimum absolute atomic E-state index is 0.220. The minimum atomic E-state index is -5.02. The SMILES string of the molecule is CNC(=O)C(NC(=O)c1cc(C)oc1C(F)(F)F)C(C)OC(C)C(NC(=O)c1cc(C)oc1C(F)(F)F)C(=O)NC. The molecule has 4 N–H and O–H groups in total. The maximum atomic E-state index is 13.3. The highest BCUT2D eigenvalue weighted by Crippen LogP contribution is 2.35. The number of alkyl halides is 6. The fraction of sp³-hybridized carbons (Fsp3) is 0.500. The number of hydrogen-bond acceptors (Lipinski definition) is 7. The van der Waals surface area contributed by atoms with E-state index in [1.54, 1.807) is 0 Å². The van der Waals surface area contributed by atoms with E-state index in [1.165, 1.54) is 41.8 Å². The van der Waals surface area contributed by atoms with E-state index in [9.17, 15) is 45.5 Å². The monoisotopic (exact) mass is 598 g/mol. The van der Waals surface area contributed by atoms with Gasteiger partial charge in [0.2, 0.25) is 23.3 Å². The Balaban J connectivity index is 2.30. The molecule has 4 atom stereocenters. The number of aryl methyl sites for hydroxylation is 2. The number of ether oxygens (including phenoxy) is 1. The molecule has 11 nitrogen and oxygen atoms in total. The molecule has 2 heterocycles.